The molecule has 0 aliphatic carbocycles. The van der Waals surface area contributed by atoms with Gasteiger partial charge in [-0.2, -0.15) is 0 Å². The number of nitrogens with one attached hydrogen (secondary N) is 2. The quantitative estimate of drug-likeness (QED) is 0.663. The van der Waals surface area contributed by atoms with Crippen LogP contribution in [0.3, 0.4) is 0 Å². The molecule has 21 heavy (non-hydrogen) atoms. The fraction of sp³-hybridized carbons (Fsp3) is 0.615. The predicted octanol–water partition coefficient (Wildman–Crippen LogP) is 1.10. The second kappa shape index (κ2) is 10.5. The fourth-order valence-electron chi connectivity index (χ4n) is 1.48. The van der Waals surface area contributed by atoms with E-state index in [1.165, 1.54) is 11.3 Å². The van der Waals surface area contributed by atoms with Crippen molar-refractivity contribution >= 4 is 35.6 Å². The number of nitrogens with two attached hydrogens (primary N) is 1. The van der Waals surface area contributed by atoms with Crippen molar-refractivity contribution in [3.8, 4) is 0 Å². The molecule has 0 radical (unpaired) electrons. The van der Waals surface area contributed by atoms with E-state index in [0.717, 1.165) is 11.4 Å². The molecule has 1 aromatic rings. The lowest BCUT2D eigenvalue weighted by molar-refractivity contribution is -0.121. The number of hydrogen-bond acceptors (Lipinski definition) is 5. The van der Waals surface area contributed by atoms with Gasteiger partial charge in [0.2, 0.25) is 5.91 Å². The molecule has 1 aromatic heterocycles. The molecule has 1 heterocycles. The molecule has 0 aliphatic heterocycles. The van der Waals surface area contributed by atoms with Crippen LogP contribution in [0, 0.1) is 0 Å². The second-order valence-electron chi connectivity index (χ2n) is 4.55. The Hall–Kier alpha value is -1.18. The van der Waals surface area contributed by atoms with E-state index in [1.54, 1.807) is 5.38 Å². The number of hydrogen-bond donors (Lipinski definition) is 3. The third-order valence-corrected chi connectivity index (χ3v) is 3.71. The van der Waals surface area contributed by atoms with Gasteiger partial charge < -0.3 is 16.4 Å². The smallest absolute Gasteiger partial charge is 0.270 e. The van der Waals surface area contributed by atoms with Crippen LogP contribution in [0.25, 0.3) is 0 Å². The number of carbonyl (C=O) groups is 2. The van der Waals surface area contributed by atoms with Gasteiger partial charge in [-0.15, -0.1) is 23.7 Å². The van der Waals surface area contributed by atoms with Crippen molar-refractivity contribution < 1.29 is 9.59 Å². The van der Waals surface area contributed by atoms with Crippen molar-refractivity contribution in [1.82, 2.24) is 15.6 Å². The summed E-state index contributed by atoms with van der Waals surface area (Å²) in [6.07, 6.45) is 1.84. The van der Waals surface area contributed by atoms with Gasteiger partial charge in [0, 0.05) is 30.8 Å². The molecular formula is C13H23ClN4O2S. The Bertz CT molecular complexity index is 453. The summed E-state index contributed by atoms with van der Waals surface area (Å²) in [6, 6.07) is 0.163. The maximum absolute atomic E-state index is 11.8. The Morgan fingerprint density at radius 2 is 2.19 bits per heavy atom. The highest BCUT2D eigenvalue weighted by Crippen LogP contribution is 2.09. The van der Waals surface area contributed by atoms with Crippen LogP contribution in [0.15, 0.2) is 5.38 Å². The van der Waals surface area contributed by atoms with E-state index in [0.29, 0.717) is 25.2 Å². The molecule has 8 heteroatoms. The lowest BCUT2D eigenvalue weighted by atomic mass is 10.2. The number of amides is 2. The van der Waals surface area contributed by atoms with Gasteiger partial charge in [0.15, 0.2) is 0 Å². The summed E-state index contributed by atoms with van der Waals surface area (Å²) < 4.78 is 0. The van der Waals surface area contributed by atoms with Crippen LogP contribution in [0.4, 0.5) is 0 Å². The van der Waals surface area contributed by atoms with E-state index in [2.05, 4.69) is 15.6 Å². The van der Waals surface area contributed by atoms with E-state index in [-0.39, 0.29) is 36.7 Å². The van der Waals surface area contributed by atoms with Crippen LogP contribution in [0.2, 0.25) is 0 Å². The zero-order chi connectivity index (χ0) is 15.0. The summed E-state index contributed by atoms with van der Waals surface area (Å²) in [4.78, 5) is 27.5. The molecular weight excluding hydrogens is 312 g/mol. The third kappa shape index (κ3) is 7.40. The normalized spacial score (nSPS) is 11.4. The average Bonchev–Trinajstić information content (AvgIpc) is 2.87. The molecule has 0 fully saturated rings. The zero-order valence-electron chi connectivity index (χ0n) is 12.3. The monoisotopic (exact) mass is 334 g/mol. The molecule has 1 rings (SSSR count). The number of thiazole rings is 1. The minimum absolute atomic E-state index is 0. The molecule has 0 aromatic carbocycles. The van der Waals surface area contributed by atoms with Gasteiger partial charge in [0.25, 0.3) is 5.91 Å². The summed E-state index contributed by atoms with van der Waals surface area (Å²) in [5.74, 6) is -0.303. The van der Waals surface area contributed by atoms with Crippen LogP contribution < -0.4 is 16.4 Å². The number of aromatic nitrogens is 1. The summed E-state index contributed by atoms with van der Waals surface area (Å²) in [5.41, 5.74) is 5.82. The average molecular weight is 335 g/mol. The summed E-state index contributed by atoms with van der Waals surface area (Å²) in [5, 5.41) is 8.10. The minimum Gasteiger partial charge on any atom is -0.354 e. The van der Waals surface area contributed by atoms with Gasteiger partial charge in [0.1, 0.15) is 5.69 Å². The number of rotatable bonds is 8. The summed E-state index contributed by atoms with van der Waals surface area (Å²) >= 11 is 1.42. The van der Waals surface area contributed by atoms with Gasteiger partial charge >= 0.3 is 0 Å². The largest absolute Gasteiger partial charge is 0.354 e. The predicted molar refractivity (Wildman–Crippen MR) is 87.0 cm³/mol. The number of nitrogens with zero attached hydrogens (tertiary/aromatic N) is 1. The van der Waals surface area contributed by atoms with Crippen molar-refractivity contribution in [3.05, 3.63) is 16.1 Å². The van der Waals surface area contributed by atoms with Crippen molar-refractivity contribution in [1.29, 1.82) is 0 Å². The zero-order valence-corrected chi connectivity index (χ0v) is 14.0. The number of carbonyl (C=O) groups excluding carboxylic acids is 2. The van der Waals surface area contributed by atoms with E-state index in [1.807, 2.05) is 13.8 Å². The van der Waals surface area contributed by atoms with E-state index >= 15 is 0 Å². The molecule has 1 atom stereocenters. The molecule has 6 nitrogen and oxygen atoms in total. The second-order valence-corrected chi connectivity index (χ2v) is 5.49. The molecule has 2 amide bonds. The highest BCUT2D eigenvalue weighted by molar-refractivity contribution is 7.09. The van der Waals surface area contributed by atoms with E-state index < -0.39 is 0 Å². The molecule has 0 saturated carbocycles. The van der Waals surface area contributed by atoms with Gasteiger partial charge in [0.05, 0.1) is 5.01 Å². The van der Waals surface area contributed by atoms with Crippen LogP contribution in [-0.2, 0) is 11.2 Å². The molecule has 4 N–H and O–H groups in total. The standard InChI is InChI=1S/C13H22N4O2S.ClH/c1-3-9(2)16-11(18)5-7-15-13(19)10-8-20-12(17-10)4-6-14;/h8-9H,3-7,14H2,1-2H3,(H,15,19)(H,16,18);1H. The minimum atomic E-state index is -0.249. The highest BCUT2D eigenvalue weighted by Gasteiger charge is 2.11. The Morgan fingerprint density at radius 3 is 2.81 bits per heavy atom. The van der Waals surface area contributed by atoms with Crippen molar-refractivity contribution in [3.63, 3.8) is 0 Å². The Morgan fingerprint density at radius 1 is 1.48 bits per heavy atom. The summed E-state index contributed by atoms with van der Waals surface area (Å²) in [6.45, 7) is 4.79. The molecule has 0 aliphatic rings. The molecule has 120 valence electrons. The Kier molecular flexibility index (Phi) is 9.94. The van der Waals surface area contributed by atoms with Crippen LogP contribution in [0.5, 0.6) is 0 Å². The SMILES string of the molecule is CCC(C)NC(=O)CCNC(=O)c1csc(CCN)n1.Cl. The molecule has 0 spiro atoms. The first-order valence-corrected chi connectivity index (χ1v) is 7.66. The van der Waals surface area contributed by atoms with Gasteiger partial charge in [-0.05, 0) is 19.9 Å². The van der Waals surface area contributed by atoms with Crippen LogP contribution >= 0.6 is 23.7 Å². The van der Waals surface area contributed by atoms with Gasteiger partial charge in [-0.1, -0.05) is 6.92 Å². The van der Waals surface area contributed by atoms with Crippen molar-refractivity contribution in [2.75, 3.05) is 13.1 Å². The van der Waals surface area contributed by atoms with Crippen LogP contribution in [0.1, 0.15) is 42.2 Å². The van der Waals surface area contributed by atoms with Crippen LogP contribution in [-0.4, -0.2) is 35.9 Å². The Labute approximate surface area is 135 Å². The van der Waals surface area contributed by atoms with Gasteiger partial charge in [-0.25, -0.2) is 4.98 Å². The van der Waals surface area contributed by atoms with Gasteiger partial charge in [-0.3, -0.25) is 9.59 Å². The third-order valence-electron chi connectivity index (χ3n) is 2.80. The molecule has 0 saturated heterocycles. The van der Waals surface area contributed by atoms with Crippen molar-refractivity contribution in [2.24, 2.45) is 5.73 Å². The highest BCUT2D eigenvalue weighted by atomic mass is 35.5. The first-order chi connectivity index (χ1) is 9.56. The van der Waals surface area contributed by atoms with Crippen molar-refractivity contribution in [2.45, 2.75) is 39.2 Å². The molecule has 0 bridgehead atoms. The maximum atomic E-state index is 11.8. The maximum Gasteiger partial charge on any atom is 0.270 e. The van der Waals surface area contributed by atoms with E-state index in [4.69, 9.17) is 5.73 Å². The molecule has 1 unspecified atom stereocenters. The lowest BCUT2D eigenvalue weighted by Crippen LogP contribution is -2.35. The first kappa shape index (κ1) is 19.8. The van der Waals surface area contributed by atoms with E-state index in [9.17, 15) is 9.59 Å². The summed E-state index contributed by atoms with van der Waals surface area (Å²) in [7, 11) is 0. The topological polar surface area (TPSA) is 97.1 Å². The lowest BCUT2D eigenvalue weighted by Gasteiger charge is -2.11. The Balaban J connectivity index is 0.00000400. The first-order valence-electron chi connectivity index (χ1n) is 6.78. The fourth-order valence-corrected chi connectivity index (χ4v) is 2.28. The number of halogens is 1.